The predicted octanol–water partition coefficient (Wildman–Crippen LogP) is 4.12. The van der Waals surface area contributed by atoms with Crippen LogP contribution in [0.25, 0.3) is 0 Å². The van der Waals surface area contributed by atoms with Gasteiger partial charge in [-0.25, -0.2) is 0 Å². The predicted molar refractivity (Wildman–Crippen MR) is 98.3 cm³/mol. The number of halogens is 1. The van der Waals surface area contributed by atoms with E-state index in [1.54, 1.807) is 37.3 Å². The molecule has 0 bridgehead atoms. The molecule has 1 atom stereocenters. The number of amides is 1. The third kappa shape index (κ3) is 2.87. The molecule has 1 aromatic carbocycles. The Balaban J connectivity index is 1.89. The molecule has 0 radical (unpaired) electrons. The normalized spacial score (nSPS) is 17.0. The molecule has 0 saturated heterocycles. The Labute approximate surface area is 162 Å². The van der Waals surface area contributed by atoms with E-state index >= 15 is 0 Å². The number of hydrogen-bond donors (Lipinski definition) is 1. The fourth-order valence-corrected chi connectivity index (χ4v) is 3.49. The lowest BCUT2D eigenvalue weighted by atomic mass is 9.95. The highest BCUT2D eigenvalue weighted by Crippen LogP contribution is 2.42. The zero-order chi connectivity index (χ0) is 19.1. The second-order valence-electron chi connectivity index (χ2n) is 6.00. The number of carbonyl (C=O) groups is 2. The van der Waals surface area contributed by atoms with Crippen LogP contribution in [0, 0.1) is 6.92 Å². The van der Waals surface area contributed by atoms with Gasteiger partial charge in [0.15, 0.2) is 17.3 Å². The molecular weight excluding hydrogens is 416 g/mol. The van der Waals surface area contributed by atoms with Crippen LogP contribution in [0.15, 0.2) is 73.5 Å². The fourth-order valence-electron chi connectivity index (χ4n) is 3.07. The molecule has 0 aliphatic carbocycles. The first-order valence-electron chi connectivity index (χ1n) is 8.01. The van der Waals surface area contributed by atoms with E-state index < -0.39 is 23.5 Å². The SMILES string of the molecule is Cc1cc(N2C(=O)C(O)=C(C(=O)c3ccco3)C2c2cccc(Br)c2)no1. The van der Waals surface area contributed by atoms with Crippen LogP contribution in [0.1, 0.15) is 27.9 Å². The highest BCUT2D eigenvalue weighted by atomic mass is 79.9. The van der Waals surface area contributed by atoms with Gasteiger partial charge in [-0.05, 0) is 36.8 Å². The molecule has 0 saturated carbocycles. The summed E-state index contributed by atoms with van der Waals surface area (Å²) in [5.41, 5.74) is 0.547. The van der Waals surface area contributed by atoms with E-state index in [-0.39, 0.29) is 17.2 Å². The summed E-state index contributed by atoms with van der Waals surface area (Å²) in [4.78, 5) is 27.0. The molecule has 3 heterocycles. The van der Waals surface area contributed by atoms with Gasteiger partial charge in [-0.1, -0.05) is 33.2 Å². The standard InChI is InChI=1S/C19H13BrN2O5/c1-10-8-14(21-27-10)22-16(11-4-2-5-12(20)9-11)15(18(24)19(22)25)17(23)13-6-3-7-26-13/h2-9,16,24H,1H3. The summed E-state index contributed by atoms with van der Waals surface area (Å²) in [6, 6.07) is 10.9. The molecule has 0 fully saturated rings. The van der Waals surface area contributed by atoms with E-state index in [4.69, 9.17) is 8.94 Å². The van der Waals surface area contributed by atoms with Crippen molar-refractivity contribution < 1.29 is 23.6 Å². The molecule has 8 heteroatoms. The summed E-state index contributed by atoms with van der Waals surface area (Å²) in [5.74, 6) is -1.21. The summed E-state index contributed by atoms with van der Waals surface area (Å²) in [5, 5.41) is 14.4. The van der Waals surface area contributed by atoms with Crippen LogP contribution < -0.4 is 4.90 Å². The topological polar surface area (TPSA) is 96.8 Å². The van der Waals surface area contributed by atoms with Gasteiger partial charge in [0.25, 0.3) is 5.91 Å². The van der Waals surface area contributed by atoms with E-state index in [1.807, 2.05) is 6.07 Å². The van der Waals surface area contributed by atoms with Crippen LogP contribution >= 0.6 is 15.9 Å². The number of aryl methyl sites for hydroxylation is 1. The van der Waals surface area contributed by atoms with Gasteiger partial charge in [0.1, 0.15) is 5.76 Å². The number of ketones is 1. The lowest BCUT2D eigenvalue weighted by Gasteiger charge is -2.24. The first kappa shape index (κ1) is 17.3. The Morgan fingerprint density at radius 3 is 2.70 bits per heavy atom. The first-order chi connectivity index (χ1) is 13.0. The number of benzene rings is 1. The van der Waals surface area contributed by atoms with Gasteiger partial charge < -0.3 is 14.0 Å². The van der Waals surface area contributed by atoms with Crippen molar-refractivity contribution in [3.05, 3.63) is 81.6 Å². The molecule has 3 aromatic rings. The van der Waals surface area contributed by atoms with Gasteiger partial charge in [-0.3, -0.25) is 14.5 Å². The highest BCUT2D eigenvalue weighted by Gasteiger charge is 2.46. The number of nitrogens with zero attached hydrogens (tertiary/aromatic N) is 2. The van der Waals surface area contributed by atoms with E-state index in [2.05, 4.69) is 21.1 Å². The molecule has 27 heavy (non-hydrogen) atoms. The molecule has 2 aromatic heterocycles. The number of furan rings is 1. The van der Waals surface area contributed by atoms with E-state index in [9.17, 15) is 14.7 Å². The van der Waals surface area contributed by atoms with Gasteiger partial charge in [-0.15, -0.1) is 0 Å². The Hall–Kier alpha value is -3.13. The van der Waals surface area contributed by atoms with Crippen LogP contribution in [0.5, 0.6) is 0 Å². The van der Waals surface area contributed by atoms with Crippen molar-refractivity contribution >= 4 is 33.4 Å². The van der Waals surface area contributed by atoms with Crippen molar-refractivity contribution in [3.8, 4) is 0 Å². The van der Waals surface area contributed by atoms with Crippen molar-refractivity contribution in [2.45, 2.75) is 13.0 Å². The van der Waals surface area contributed by atoms with Gasteiger partial charge in [0.05, 0.1) is 17.9 Å². The lowest BCUT2D eigenvalue weighted by Crippen LogP contribution is -2.31. The molecule has 1 N–H and O–H groups in total. The molecule has 0 spiro atoms. The molecule has 136 valence electrons. The van der Waals surface area contributed by atoms with Gasteiger partial charge in [-0.2, -0.15) is 0 Å². The average molecular weight is 429 g/mol. The van der Waals surface area contributed by atoms with Gasteiger partial charge in [0, 0.05) is 10.5 Å². The number of anilines is 1. The summed E-state index contributed by atoms with van der Waals surface area (Å²) in [6.45, 7) is 1.69. The number of carbonyl (C=O) groups excluding carboxylic acids is 2. The van der Waals surface area contributed by atoms with Crippen LogP contribution in [-0.2, 0) is 4.79 Å². The Morgan fingerprint density at radius 2 is 2.07 bits per heavy atom. The van der Waals surface area contributed by atoms with Crippen molar-refractivity contribution in [1.29, 1.82) is 0 Å². The summed E-state index contributed by atoms with van der Waals surface area (Å²) in [6.07, 6.45) is 1.36. The molecular formula is C19H13BrN2O5. The van der Waals surface area contributed by atoms with Crippen LogP contribution in [0.4, 0.5) is 5.82 Å². The number of aromatic nitrogens is 1. The van der Waals surface area contributed by atoms with Crippen molar-refractivity contribution in [2.75, 3.05) is 4.90 Å². The minimum absolute atomic E-state index is 0.0301. The maximum atomic E-state index is 13.0. The molecule has 1 aliphatic heterocycles. The molecule has 7 nitrogen and oxygen atoms in total. The summed E-state index contributed by atoms with van der Waals surface area (Å²) >= 11 is 3.40. The fraction of sp³-hybridized carbons (Fsp3) is 0.105. The van der Waals surface area contributed by atoms with Crippen molar-refractivity contribution in [3.63, 3.8) is 0 Å². The second kappa shape index (κ2) is 6.55. The Morgan fingerprint density at radius 1 is 1.26 bits per heavy atom. The monoisotopic (exact) mass is 428 g/mol. The molecule has 1 unspecified atom stereocenters. The summed E-state index contributed by atoms with van der Waals surface area (Å²) in [7, 11) is 0. The maximum Gasteiger partial charge on any atom is 0.295 e. The lowest BCUT2D eigenvalue weighted by molar-refractivity contribution is -0.117. The zero-order valence-corrected chi connectivity index (χ0v) is 15.6. The van der Waals surface area contributed by atoms with E-state index in [0.717, 1.165) is 4.47 Å². The van der Waals surface area contributed by atoms with Gasteiger partial charge >= 0.3 is 0 Å². The third-order valence-corrected chi connectivity index (χ3v) is 4.72. The minimum atomic E-state index is -0.878. The zero-order valence-electron chi connectivity index (χ0n) is 14.0. The first-order valence-corrected chi connectivity index (χ1v) is 8.80. The molecule has 1 amide bonds. The van der Waals surface area contributed by atoms with Crippen molar-refractivity contribution in [1.82, 2.24) is 5.16 Å². The number of aliphatic hydroxyl groups is 1. The summed E-state index contributed by atoms with van der Waals surface area (Å²) < 4.78 is 11.0. The molecule has 1 aliphatic rings. The Kier molecular flexibility index (Phi) is 4.19. The highest BCUT2D eigenvalue weighted by molar-refractivity contribution is 9.10. The van der Waals surface area contributed by atoms with E-state index in [0.29, 0.717) is 11.3 Å². The van der Waals surface area contributed by atoms with Crippen LogP contribution in [-0.4, -0.2) is 22.0 Å². The van der Waals surface area contributed by atoms with Crippen LogP contribution in [0.3, 0.4) is 0 Å². The number of Topliss-reactive ketones (excluding diaryl/α,β-unsaturated/α-hetero) is 1. The van der Waals surface area contributed by atoms with Gasteiger partial charge in [0.2, 0.25) is 5.78 Å². The third-order valence-electron chi connectivity index (χ3n) is 4.22. The number of hydrogen-bond acceptors (Lipinski definition) is 6. The second-order valence-corrected chi connectivity index (χ2v) is 6.91. The smallest absolute Gasteiger partial charge is 0.295 e. The average Bonchev–Trinajstić information content (AvgIpc) is 3.36. The largest absolute Gasteiger partial charge is 0.503 e. The molecule has 4 rings (SSSR count). The van der Waals surface area contributed by atoms with Crippen LogP contribution in [0.2, 0.25) is 0 Å². The minimum Gasteiger partial charge on any atom is -0.503 e. The maximum absolute atomic E-state index is 13.0. The number of rotatable bonds is 4. The Bertz CT molecular complexity index is 1070. The van der Waals surface area contributed by atoms with E-state index in [1.165, 1.54) is 17.2 Å². The quantitative estimate of drug-likeness (QED) is 0.627. The van der Waals surface area contributed by atoms with Crippen molar-refractivity contribution in [2.24, 2.45) is 0 Å². The number of aliphatic hydroxyl groups excluding tert-OH is 1.